The number of nitrogens with one attached hydrogen (secondary N) is 2. The number of nitrogens with zero attached hydrogens (tertiary/aromatic N) is 1. The van der Waals surface area contributed by atoms with Crippen molar-refractivity contribution in [2.45, 2.75) is 19.3 Å². The van der Waals surface area contributed by atoms with E-state index in [9.17, 15) is 13.6 Å². The minimum atomic E-state index is -2.59. The standard InChI is InChI=1S/C8H9F2N3O/c9-7(10)5-3-6(13-12-5)11-8(14)4-1-2-4/h3-4,7H,1-2H2,(H2,11,12,13,14). The van der Waals surface area contributed by atoms with Crippen molar-refractivity contribution in [2.24, 2.45) is 5.92 Å². The van der Waals surface area contributed by atoms with Crippen molar-refractivity contribution in [3.8, 4) is 0 Å². The van der Waals surface area contributed by atoms with Crippen LogP contribution < -0.4 is 5.32 Å². The van der Waals surface area contributed by atoms with Crippen LogP contribution in [-0.4, -0.2) is 16.1 Å². The maximum atomic E-state index is 12.1. The third kappa shape index (κ3) is 1.89. The van der Waals surface area contributed by atoms with E-state index in [-0.39, 0.29) is 23.3 Å². The van der Waals surface area contributed by atoms with E-state index < -0.39 is 6.43 Å². The predicted octanol–water partition coefficient (Wildman–Crippen LogP) is 1.70. The first-order valence-corrected chi connectivity index (χ1v) is 4.31. The number of carbonyl (C=O) groups is 1. The molecule has 1 amide bonds. The average Bonchev–Trinajstić information content (AvgIpc) is 2.87. The maximum absolute atomic E-state index is 12.1. The first-order chi connectivity index (χ1) is 6.66. The van der Waals surface area contributed by atoms with Crippen LogP contribution in [0.5, 0.6) is 0 Å². The van der Waals surface area contributed by atoms with E-state index in [0.717, 1.165) is 18.9 Å². The highest BCUT2D eigenvalue weighted by atomic mass is 19.3. The smallest absolute Gasteiger partial charge is 0.279 e. The lowest BCUT2D eigenvalue weighted by atomic mass is 10.4. The van der Waals surface area contributed by atoms with Gasteiger partial charge in [-0.05, 0) is 12.8 Å². The molecule has 2 N–H and O–H groups in total. The van der Waals surface area contributed by atoms with E-state index in [1.54, 1.807) is 0 Å². The molecule has 0 spiro atoms. The van der Waals surface area contributed by atoms with Crippen LogP contribution in [0.25, 0.3) is 0 Å². The number of halogens is 2. The average molecular weight is 201 g/mol. The van der Waals surface area contributed by atoms with E-state index in [0.29, 0.717) is 0 Å². The molecule has 0 aromatic carbocycles. The third-order valence-corrected chi connectivity index (χ3v) is 2.03. The summed E-state index contributed by atoms with van der Waals surface area (Å²) >= 11 is 0. The van der Waals surface area contributed by atoms with E-state index in [4.69, 9.17) is 0 Å². The zero-order valence-corrected chi connectivity index (χ0v) is 7.26. The summed E-state index contributed by atoms with van der Waals surface area (Å²) < 4.78 is 24.2. The molecule has 76 valence electrons. The number of H-pyrrole nitrogens is 1. The van der Waals surface area contributed by atoms with Gasteiger partial charge in [0.25, 0.3) is 6.43 Å². The highest BCUT2D eigenvalue weighted by molar-refractivity contribution is 5.93. The van der Waals surface area contributed by atoms with Crippen molar-refractivity contribution >= 4 is 11.7 Å². The lowest BCUT2D eigenvalue weighted by molar-refractivity contribution is -0.117. The summed E-state index contributed by atoms with van der Waals surface area (Å²) in [6, 6.07) is 1.14. The van der Waals surface area contributed by atoms with Crippen LogP contribution >= 0.6 is 0 Å². The monoisotopic (exact) mass is 201 g/mol. The summed E-state index contributed by atoms with van der Waals surface area (Å²) in [5, 5.41) is 8.17. The van der Waals surface area contributed by atoms with Gasteiger partial charge in [-0.15, -0.1) is 0 Å². The van der Waals surface area contributed by atoms with Gasteiger partial charge in [-0.1, -0.05) is 0 Å². The first kappa shape index (κ1) is 9.11. The van der Waals surface area contributed by atoms with Crippen molar-refractivity contribution in [1.29, 1.82) is 0 Å². The molecule has 1 aromatic heterocycles. The molecular weight excluding hydrogens is 192 g/mol. The molecule has 14 heavy (non-hydrogen) atoms. The highest BCUT2D eigenvalue weighted by Gasteiger charge is 2.30. The molecule has 0 radical (unpaired) electrons. The topological polar surface area (TPSA) is 57.8 Å². The lowest BCUT2D eigenvalue weighted by Crippen LogP contribution is -2.13. The molecule has 2 rings (SSSR count). The van der Waals surface area contributed by atoms with Crippen LogP contribution in [0.1, 0.15) is 25.0 Å². The zero-order valence-electron chi connectivity index (χ0n) is 7.26. The van der Waals surface area contributed by atoms with Gasteiger partial charge in [0, 0.05) is 12.0 Å². The molecular formula is C8H9F2N3O. The molecule has 0 aliphatic heterocycles. The maximum Gasteiger partial charge on any atom is 0.279 e. The number of carbonyl (C=O) groups excluding carboxylic acids is 1. The Morgan fingerprint density at radius 1 is 1.64 bits per heavy atom. The van der Waals surface area contributed by atoms with Crippen LogP contribution in [0.15, 0.2) is 6.07 Å². The Labute approximate surface area is 78.7 Å². The van der Waals surface area contributed by atoms with Gasteiger partial charge in [-0.25, -0.2) is 8.78 Å². The quantitative estimate of drug-likeness (QED) is 0.781. The second-order valence-electron chi connectivity index (χ2n) is 3.27. The van der Waals surface area contributed by atoms with Crippen molar-refractivity contribution in [3.63, 3.8) is 0 Å². The summed E-state index contributed by atoms with van der Waals surface area (Å²) in [6.07, 6.45) is -0.843. The first-order valence-electron chi connectivity index (χ1n) is 4.31. The molecule has 1 heterocycles. The fraction of sp³-hybridized carbons (Fsp3) is 0.500. The van der Waals surface area contributed by atoms with Gasteiger partial charge in [-0.3, -0.25) is 9.89 Å². The second-order valence-corrected chi connectivity index (χ2v) is 3.27. The minimum Gasteiger partial charge on any atom is -0.309 e. The second kappa shape index (κ2) is 3.36. The van der Waals surface area contributed by atoms with Crippen molar-refractivity contribution in [3.05, 3.63) is 11.8 Å². The highest BCUT2D eigenvalue weighted by Crippen LogP contribution is 2.30. The summed E-state index contributed by atoms with van der Waals surface area (Å²) in [5.41, 5.74) is -0.281. The number of hydrogen-bond acceptors (Lipinski definition) is 2. The van der Waals surface area contributed by atoms with Crippen LogP contribution in [0, 0.1) is 5.92 Å². The van der Waals surface area contributed by atoms with Gasteiger partial charge in [0.05, 0.1) is 0 Å². The lowest BCUT2D eigenvalue weighted by Gasteiger charge is -1.97. The fourth-order valence-corrected chi connectivity index (χ4v) is 1.09. The number of anilines is 1. The Bertz CT molecular complexity index is 346. The number of hydrogen-bond donors (Lipinski definition) is 2. The Morgan fingerprint density at radius 3 is 2.86 bits per heavy atom. The van der Waals surface area contributed by atoms with E-state index in [1.165, 1.54) is 0 Å². The minimum absolute atomic E-state index is 0.0432. The number of amides is 1. The normalized spacial score (nSPS) is 15.9. The van der Waals surface area contributed by atoms with Gasteiger partial charge in [0.15, 0.2) is 5.82 Å². The molecule has 0 unspecified atom stereocenters. The molecule has 1 fully saturated rings. The number of aromatic amines is 1. The predicted molar refractivity (Wildman–Crippen MR) is 44.9 cm³/mol. The van der Waals surface area contributed by atoms with Gasteiger partial charge in [0.2, 0.25) is 5.91 Å². The van der Waals surface area contributed by atoms with Crippen molar-refractivity contribution in [1.82, 2.24) is 10.2 Å². The Hall–Kier alpha value is -1.46. The summed E-state index contributed by atoms with van der Waals surface area (Å²) in [4.78, 5) is 11.2. The molecule has 1 aliphatic rings. The molecule has 0 saturated heterocycles. The Balaban J connectivity index is 1.98. The van der Waals surface area contributed by atoms with Crippen molar-refractivity contribution in [2.75, 3.05) is 5.32 Å². The zero-order chi connectivity index (χ0) is 10.1. The van der Waals surface area contributed by atoms with Gasteiger partial charge in [-0.2, -0.15) is 5.10 Å². The van der Waals surface area contributed by atoms with Crippen molar-refractivity contribution < 1.29 is 13.6 Å². The van der Waals surface area contributed by atoms with Crippen LogP contribution in [0.4, 0.5) is 14.6 Å². The van der Waals surface area contributed by atoms with Crippen LogP contribution in [0.2, 0.25) is 0 Å². The van der Waals surface area contributed by atoms with E-state index >= 15 is 0 Å². The Kier molecular flexibility index (Phi) is 2.18. The molecule has 0 bridgehead atoms. The fourth-order valence-electron chi connectivity index (χ4n) is 1.09. The number of alkyl halides is 2. The number of rotatable bonds is 3. The SMILES string of the molecule is O=C(Nc1cc(C(F)F)[nH]n1)C1CC1. The largest absolute Gasteiger partial charge is 0.309 e. The van der Waals surface area contributed by atoms with E-state index in [1.807, 2.05) is 0 Å². The van der Waals surface area contributed by atoms with Gasteiger partial charge >= 0.3 is 0 Å². The molecule has 1 aromatic rings. The Morgan fingerprint density at radius 2 is 2.36 bits per heavy atom. The molecule has 0 atom stereocenters. The summed E-state index contributed by atoms with van der Waals surface area (Å²) in [6.45, 7) is 0. The molecule has 4 nitrogen and oxygen atoms in total. The van der Waals surface area contributed by atoms with Crippen LogP contribution in [-0.2, 0) is 4.79 Å². The molecule has 1 saturated carbocycles. The summed E-state index contributed by atoms with van der Waals surface area (Å²) in [5.74, 6) is 0.0659. The van der Waals surface area contributed by atoms with Crippen LogP contribution in [0.3, 0.4) is 0 Å². The van der Waals surface area contributed by atoms with Gasteiger partial charge in [0.1, 0.15) is 5.69 Å². The third-order valence-electron chi connectivity index (χ3n) is 2.03. The number of aromatic nitrogens is 2. The van der Waals surface area contributed by atoms with E-state index in [2.05, 4.69) is 15.5 Å². The molecule has 6 heteroatoms. The van der Waals surface area contributed by atoms with Gasteiger partial charge < -0.3 is 5.32 Å². The summed E-state index contributed by atoms with van der Waals surface area (Å²) in [7, 11) is 0. The molecule has 1 aliphatic carbocycles.